The predicted molar refractivity (Wildman–Crippen MR) is 109 cm³/mol. The molecule has 0 bridgehead atoms. The molecule has 0 aliphatic carbocycles. The Labute approximate surface area is 163 Å². The molecular formula is C22H22N4O2. The molecule has 0 saturated carbocycles. The van der Waals surface area contributed by atoms with Crippen LogP contribution in [0.25, 0.3) is 11.1 Å². The van der Waals surface area contributed by atoms with Gasteiger partial charge in [0.1, 0.15) is 5.82 Å². The first-order valence-electron chi connectivity index (χ1n) is 9.30. The van der Waals surface area contributed by atoms with Crippen molar-refractivity contribution in [3.8, 4) is 11.1 Å². The summed E-state index contributed by atoms with van der Waals surface area (Å²) in [5.74, 6) is -0.101. The number of hydrogen-bond acceptors (Lipinski definition) is 3. The maximum Gasteiger partial charge on any atom is 0.231 e. The molecule has 28 heavy (non-hydrogen) atoms. The van der Waals surface area contributed by atoms with E-state index < -0.39 is 5.92 Å². The fourth-order valence-electron chi connectivity index (χ4n) is 3.53. The molecule has 1 aliphatic rings. The van der Waals surface area contributed by atoms with Gasteiger partial charge < -0.3 is 10.6 Å². The van der Waals surface area contributed by atoms with Crippen molar-refractivity contribution < 1.29 is 9.59 Å². The molecule has 0 fully saturated rings. The van der Waals surface area contributed by atoms with Gasteiger partial charge in [0.2, 0.25) is 11.8 Å². The smallest absolute Gasteiger partial charge is 0.231 e. The van der Waals surface area contributed by atoms with Gasteiger partial charge in [0, 0.05) is 17.7 Å². The van der Waals surface area contributed by atoms with Crippen molar-refractivity contribution in [3.05, 3.63) is 65.9 Å². The first kappa shape index (κ1) is 18.0. The fourth-order valence-corrected chi connectivity index (χ4v) is 3.53. The van der Waals surface area contributed by atoms with Gasteiger partial charge in [0.05, 0.1) is 18.7 Å². The van der Waals surface area contributed by atoms with E-state index in [0.29, 0.717) is 12.4 Å². The zero-order chi connectivity index (χ0) is 19.7. The highest BCUT2D eigenvalue weighted by Crippen LogP contribution is 2.32. The Balaban J connectivity index is 1.47. The van der Waals surface area contributed by atoms with Gasteiger partial charge in [-0.3, -0.25) is 9.59 Å². The minimum absolute atomic E-state index is 0.110. The number of rotatable bonds is 4. The molecule has 1 aromatic heterocycles. The normalized spacial score (nSPS) is 15.6. The lowest BCUT2D eigenvalue weighted by molar-refractivity contribution is -0.125. The number of carbonyl (C=O) groups is 2. The Bertz CT molecular complexity index is 1040. The molecule has 1 atom stereocenters. The number of anilines is 2. The molecule has 6 heteroatoms. The van der Waals surface area contributed by atoms with Crippen molar-refractivity contribution >= 4 is 23.3 Å². The Morgan fingerprint density at radius 2 is 2.00 bits per heavy atom. The third kappa shape index (κ3) is 3.53. The van der Waals surface area contributed by atoms with E-state index in [1.165, 1.54) is 0 Å². The van der Waals surface area contributed by atoms with Crippen LogP contribution in [0.2, 0.25) is 0 Å². The lowest BCUT2D eigenvalue weighted by Crippen LogP contribution is -2.36. The number of hydrogen-bond donors (Lipinski definition) is 2. The summed E-state index contributed by atoms with van der Waals surface area (Å²) in [5.41, 5.74) is 4.80. The molecule has 3 aromatic rings. The van der Waals surface area contributed by atoms with Crippen molar-refractivity contribution in [2.45, 2.75) is 26.8 Å². The molecule has 4 rings (SSSR count). The molecule has 142 valence electrons. The number of benzene rings is 2. The topological polar surface area (TPSA) is 76.0 Å². The fraction of sp³-hybridized carbons (Fsp3) is 0.227. The number of carbonyl (C=O) groups excluding carboxylic acids is 2. The zero-order valence-corrected chi connectivity index (χ0v) is 15.9. The van der Waals surface area contributed by atoms with Gasteiger partial charge in [-0.1, -0.05) is 48.0 Å². The van der Waals surface area contributed by atoms with Gasteiger partial charge >= 0.3 is 0 Å². The van der Waals surface area contributed by atoms with E-state index in [9.17, 15) is 9.59 Å². The van der Waals surface area contributed by atoms with Crippen LogP contribution in [0.5, 0.6) is 0 Å². The van der Waals surface area contributed by atoms with Crippen LogP contribution >= 0.6 is 0 Å². The van der Waals surface area contributed by atoms with Crippen LogP contribution in [-0.4, -0.2) is 21.6 Å². The van der Waals surface area contributed by atoms with E-state index in [4.69, 9.17) is 0 Å². The van der Waals surface area contributed by atoms with Crippen molar-refractivity contribution in [2.75, 3.05) is 10.6 Å². The first-order valence-corrected chi connectivity index (χ1v) is 9.30. The molecule has 2 N–H and O–H groups in total. The van der Waals surface area contributed by atoms with Crippen LogP contribution < -0.4 is 10.6 Å². The first-order chi connectivity index (χ1) is 13.5. The maximum absolute atomic E-state index is 12.6. The third-order valence-electron chi connectivity index (χ3n) is 5.02. The van der Waals surface area contributed by atoms with Crippen LogP contribution in [0.1, 0.15) is 17.5 Å². The van der Waals surface area contributed by atoms with Crippen LogP contribution in [0.3, 0.4) is 0 Å². The van der Waals surface area contributed by atoms with Gasteiger partial charge in [-0.2, -0.15) is 5.10 Å². The van der Waals surface area contributed by atoms with Crippen LogP contribution in [0.4, 0.5) is 11.5 Å². The summed E-state index contributed by atoms with van der Waals surface area (Å²) in [7, 11) is 0. The van der Waals surface area contributed by atoms with E-state index in [2.05, 4.69) is 15.7 Å². The summed E-state index contributed by atoms with van der Waals surface area (Å²) >= 11 is 0. The highest BCUT2D eigenvalue weighted by Gasteiger charge is 2.30. The second-order valence-electron chi connectivity index (χ2n) is 7.21. The quantitative estimate of drug-likeness (QED) is 0.730. The number of aryl methyl sites for hydroxylation is 2. The van der Waals surface area contributed by atoms with E-state index in [1.807, 2.05) is 62.4 Å². The van der Waals surface area contributed by atoms with Crippen molar-refractivity contribution in [1.29, 1.82) is 0 Å². The van der Waals surface area contributed by atoms with Crippen LogP contribution in [0.15, 0.2) is 54.7 Å². The molecule has 0 radical (unpaired) electrons. The van der Waals surface area contributed by atoms with Gasteiger partial charge in [-0.15, -0.1) is 0 Å². The molecule has 2 heterocycles. The van der Waals surface area contributed by atoms with Crippen LogP contribution in [-0.2, 0) is 16.1 Å². The number of amides is 2. The Morgan fingerprint density at radius 1 is 1.21 bits per heavy atom. The van der Waals surface area contributed by atoms with Crippen molar-refractivity contribution in [2.24, 2.45) is 5.92 Å². The third-order valence-corrected chi connectivity index (χ3v) is 5.02. The Hall–Kier alpha value is -3.41. The summed E-state index contributed by atoms with van der Waals surface area (Å²) in [4.78, 5) is 25.1. The summed E-state index contributed by atoms with van der Waals surface area (Å²) in [6.45, 7) is 4.35. The lowest BCUT2D eigenvalue weighted by atomic mass is 10.0. The summed E-state index contributed by atoms with van der Waals surface area (Å²) in [6.07, 6.45) is 1.86. The van der Waals surface area contributed by atoms with Crippen molar-refractivity contribution in [3.63, 3.8) is 0 Å². The monoisotopic (exact) mass is 374 g/mol. The van der Waals surface area contributed by atoms with E-state index in [1.54, 1.807) is 10.9 Å². The van der Waals surface area contributed by atoms with Gasteiger partial charge in [-0.25, -0.2) is 4.68 Å². The molecular weight excluding hydrogens is 352 g/mol. The van der Waals surface area contributed by atoms with E-state index in [0.717, 1.165) is 27.9 Å². The molecule has 0 spiro atoms. The number of fused-ring (bicyclic) bond motifs is 1. The largest absolute Gasteiger partial charge is 0.326 e. The zero-order valence-electron chi connectivity index (χ0n) is 15.9. The van der Waals surface area contributed by atoms with Crippen LogP contribution in [0, 0.1) is 19.8 Å². The minimum Gasteiger partial charge on any atom is -0.326 e. The van der Waals surface area contributed by atoms with Gasteiger partial charge in [0.25, 0.3) is 0 Å². The van der Waals surface area contributed by atoms with E-state index >= 15 is 0 Å². The summed E-state index contributed by atoms with van der Waals surface area (Å²) < 4.78 is 1.76. The SMILES string of the molecule is Cc1ccc(NC(=O)CC2Cn3ncc(-c4ccccc4)c3NC2=O)c(C)c1. The van der Waals surface area contributed by atoms with Gasteiger partial charge in [-0.05, 0) is 31.0 Å². The Morgan fingerprint density at radius 3 is 2.75 bits per heavy atom. The molecule has 1 unspecified atom stereocenters. The molecule has 2 aromatic carbocycles. The predicted octanol–water partition coefficient (Wildman–Crippen LogP) is 3.76. The average molecular weight is 374 g/mol. The average Bonchev–Trinajstić information content (AvgIpc) is 3.07. The number of nitrogens with one attached hydrogen (secondary N) is 2. The molecule has 1 aliphatic heterocycles. The second kappa shape index (κ2) is 7.31. The van der Waals surface area contributed by atoms with Crippen molar-refractivity contribution in [1.82, 2.24) is 9.78 Å². The summed E-state index contributed by atoms with van der Waals surface area (Å²) in [6, 6.07) is 15.7. The molecule has 0 saturated heterocycles. The molecule has 6 nitrogen and oxygen atoms in total. The number of nitrogens with zero attached hydrogens (tertiary/aromatic N) is 2. The summed E-state index contributed by atoms with van der Waals surface area (Å²) in [5, 5.41) is 10.2. The lowest BCUT2D eigenvalue weighted by Gasteiger charge is -2.24. The second-order valence-corrected chi connectivity index (χ2v) is 7.21. The maximum atomic E-state index is 12.6. The number of aromatic nitrogens is 2. The standard InChI is InChI=1S/C22H22N4O2/c1-14-8-9-19(15(2)10-14)24-20(27)11-17-13-26-21(25-22(17)28)18(12-23-26)16-6-4-3-5-7-16/h3-10,12,17H,11,13H2,1-2H3,(H,24,27)(H,25,28). The highest BCUT2D eigenvalue weighted by molar-refractivity contribution is 6.00. The highest BCUT2D eigenvalue weighted by atomic mass is 16.2. The molecule has 2 amide bonds. The van der Waals surface area contributed by atoms with Gasteiger partial charge in [0.15, 0.2) is 0 Å². The Kier molecular flexibility index (Phi) is 4.69. The van der Waals surface area contributed by atoms with E-state index in [-0.39, 0.29) is 18.2 Å². The minimum atomic E-state index is -0.457.